The molecule has 9 rings (SSSR count). The van der Waals surface area contributed by atoms with Gasteiger partial charge >= 0.3 is 17.9 Å². The van der Waals surface area contributed by atoms with Crippen LogP contribution in [0.15, 0.2) is 121 Å². The van der Waals surface area contributed by atoms with E-state index in [1.54, 1.807) is 72.8 Å². The molecule has 6 N–H and O–H groups in total. The molecule has 12 nitrogen and oxygen atoms in total. The molecule has 0 saturated carbocycles. The lowest BCUT2D eigenvalue weighted by molar-refractivity contribution is 0.0686. The Kier molecular flexibility index (Phi) is 11.7. The normalized spacial score (nSPS) is 11.8. The highest BCUT2D eigenvalue weighted by molar-refractivity contribution is 6.01. The molecule has 0 atom stereocenters. The van der Waals surface area contributed by atoms with E-state index in [1.807, 2.05) is 72.8 Å². The smallest absolute Gasteiger partial charge is 0.335 e. The van der Waals surface area contributed by atoms with E-state index < -0.39 is 17.9 Å². The number of fused-ring (bicyclic) bond motifs is 8. The third kappa shape index (κ3) is 8.70. The molecule has 322 valence electrons. The van der Waals surface area contributed by atoms with Crippen LogP contribution in [0.25, 0.3) is 90.9 Å². The third-order valence-corrected chi connectivity index (χ3v) is 11.5. The lowest BCUT2D eigenvalue weighted by atomic mass is 10.0. The lowest BCUT2D eigenvalue weighted by Crippen LogP contribution is -1.97. The Hall–Kier alpha value is -8.35. The molecule has 0 radical (unpaired) electrons. The maximum absolute atomic E-state index is 11.9. The van der Waals surface area contributed by atoms with E-state index in [9.17, 15) is 29.7 Å². The summed E-state index contributed by atoms with van der Waals surface area (Å²) in [6.45, 7) is 0.745. The topological polar surface area (TPSA) is 199 Å². The zero-order chi connectivity index (χ0) is 45.0. The number of unbranched alkanes of at least 4 members (excludes halogenated alkanes) is 3. The summed E-state index contributed by atoms with van der Waals surface area (Å²) in [5.74, 6) is -2.40. The molecule has 0 spiro atoms. The second-order valence-corrected chi connectivity index (χ2v) is 15.7. The number of benzene rings is 4. The van der Waals surface area contributed by atoms with Gasteiger partial charge in [-0.05, 0) is 139 Å². The SMILES string of the molecule is O=C(O)c1ccc(-c2c3nc(c(-c4ccc(C(=O)O)cc4)c4ccc([nH]4)c(-c4ccc(C(=O)O)cc4)c4nc(c(-c5ccc(OCCCCCCO)cc5)c5ccc2[nH]5)C=C4)C=C3)cc1. The minimum Gasteiger partial charge on any atom is -0.494 e. The minimum absolute atomic E-state index is 0.133. The van der Waals surface area contributed by atoms with E-state index >= 15 is 0 Å². The quantitative estimate of drug-likeness (QED) is 0.0572. The molecule has 2 aliphatic heterocycles. The zero-order valence-corrected chi connectivity index (χ0v) is 34.9. The van der Waals surface area contributed by atoms with Gasteiger partial charge in [-0.15, -0.1) is 0 Å². The number of carbonyl (C=O) groups is 3. The van der Waals surface area contributed by atoms with Gasteiger partial charge in [-0.25, -0.2) is 24.4 Å². The number of nitrogens with one attached hydrogen (secondary N) is 2. The summed E-state index contributed by atoms with van der Waals surface area (Å²) < 4.78 is 6.08. The van der Waals surface area contributed by atoms with Crippen LogP contribution >= 0.6 is 0 Å². The molecule has 3 aromatic heterocycles. The molecule has 0 amide bonds. The molecular weight excluding hydrogens is 821 g/mol. The monoisotopic (exact) mass is 862 g/mol. The Morgan fingerprint density at radius 3 is 1.03 bits per heavy atom. The van der Waals surface area contributed by atoms with Crippen LogP contribution in [0.2, 0.25) is 0 Å². The molecule has 5 heterocycles. The molecule has 7 aromatic rings. The predicted molar refractivity (Wildman–Crippen MR) is 253 cm³/mol. The van der Waals surface area contributed by atoms with E-state index in [0.29, 0.717) is 57.1 Å². The molecule has 65 heavy (non-hydrogen) atoms. The number of aromatic carboxylic acids is 3. The van der Waals surface area contributed by atoms with Crippen molar-refractivity contribution in [1.82, 2.24) is 19.9 Å². The lowest BCUT2D eigenvalue weighted by Gasteiger charge is -2.09. The van der Waals surface area contributed by atoms with Gasteiger partial charge in [0.25, 0.3) is 0 Å². The second kappa shape index (κ2) is 18.2. The summed E-state index contributed by atoms with van der Waals surface area (Å²) in [6.07, 6.45) is 11.3. The number of hydrogen-bond acceptors (Lipinski definition) is 7. The Bertz CT molecular complexity index is 3140. The van der Waals surface area contributed by atoms with Crippen molar-refractivity contribution in [2.24, 2.45) is 0 Å². The highest BCUT2D eigenvalue weighted by Gasteiger charge is 2.20. The summed E-state index contributed by atoms with van der Waals surface area (Å²) in [4.78, 5) is 53.5. The van der Waals surface area contributed by atoms with Gasteiger partial charge in [-0.3, -0.25) is 0 Å². The van der Waals surface area contributed by atoms with Gasteiger partial charge in [0.1, 0.15) is 5.75 Å². The van der Waals surface area contributed by atoms with Crippen molar-refractivity contribution in [3.63, 3.8) is 0 Å². The van der Waals surface area contributed by atoms with Crippen LogP contribution in [0.1, 0.15) is 79.5 Å². The molecule has 8 bridgehead atoms. The first-order chi connectivity index (χ1) is 31.6. The maximum Gasteiger partial charge on any atom is 0.335 e. The summed E-state index contributed by atoms with van der Waals surface area (Å²) in [6, 6.07) is 35.6. The van der Waals surface area contributed by atoms with Crippen LogP contribution in [0.4, 0.5) is 0 Å². The largest absolute Gasteiger partial charge is 0.494 e. The van der Waals surface area contributed by atoms with Crippen LogP contribution in [0.3, 0.4) is 0 Å². The number of carboxylic acids is 3. The molecule has 4 aromatic carbocycles. The standard InChI is InChI=1S/C53H42N4O8/c58-29-3-1-2-4-30-65-38-19-17-34(18-20-38)50-45-27-25-43(56-45)48(32-7-13-36(14-8-32)52(61)62)41-23-21-39(54-41)47(31-5-11-35(12-6-31)51(59)60)40-22-24-42(55-40)49(44-26-28-46(50)57-44)33-9-15-37(16-10-33)53(63)64/h5-28,54,57-58H,1-4,29-30H2,(H,59,60)(H,61,62)(H,63,64). The maximum atomic E-state index is 11.9. The van der Waals surface area contributed by atoms with E-state index in [0.717, 1.165) is 70.3 Å². The van der Waals surface area contributed by atoms with E-state index in [-0.39, 0.29) is 23.3 Å². The highest BCUT2D eigenvalue weighted by Crippen LogP contribution is 2.39. The van der Waals surface area contributed by atoms with Crippen molar-refractivity contribution >= 4 is 64.3 Å². The van der Waals surface area contributed by atoms with Gasteiger partial charge in [0.2, 0.25) is 0 Å². The van der Waals surface area contributed by atoms with Crippen LogP contribution in [-0.4, -0.2) is 71.5 Å². The highest BCUT2D eigenvalue weighted by atomic mass is 16.5. The molecule has 0 unspecified atom stereocenters. The Balaban J connectivity index is 1.33. The molecule has 2 aliphatic rings. The van der Waals surface area contributed by atoms with Gasteiger partial charge in [0, 0.05) is 50.9 Å². The van der Waals surface area contributed by atoms with E-state index in [1.165, 1.54) is 0 Å². The number of H-pyrrole nitrogens is 2. The van der Waals surface area contributed by atoms with Crippen molar-refractivity contribution < 1.29 is 39.5 Å². The van der Waals surface area contributed by atoms with Crippen LogP contribution < -0.4 is 4.74 Å². The van der Waals surface area contributed by atoms with Gasteiger partial charge in [-0.1, -0.05) is 55.0 Å². The fourth-order valence-electron chi connectivity index (χ4n) is 8.23. The predicted octanol–water partition coefficient (Wildman–Crippen LogP) is 11.3. The number of ether oxygens (including phenoxy) is 1. The number of carboxylic acid groups (broad SMARTS) is 3. The Morgan fingerprint density at radius 1 is 0.415 bits per heavy atom. The van der Waals surface area contributed by atoms with Crippen LogP contribution in [0.5, 0.6) is 5.75 Å². The molecule has 0 saturated heterocycles. The average Bonchev–Trinajstić information content (AvgIpc) is 4.17. The second-order valence-electron chi connectivity index (χ2n) is 15.7. The van der Waals surface area contributed by atoms with Crippen LogP contribution in [0, 0.1) is 0 Å². The van der Waals surface area contributed by atoms with Crippen molar-refractivity contribution in [2.75, 3.05) is 13.2 Å². The number of aromatic amines is 2. The fourth-order valence-corrected chi connectivity index (χ4v) is 8.23. The number of aliphatic hydroxyl groups excluding tert-OH is 1. The number of hydrogen-bond donors (Lipinski definition) is 6. The Labute approximate surface area is 372 Å². The molecule has 0 aliphatic carbocycles. The fraction of sp³-hybridized carbons (Fsp3) is 0.113. The van der Waals surface area contributed by atoms with Crippen LogP contribution in [-0.2, 0) is 0 Å². The van der Waals surface area contributed by atoms with E-state index in [4.69, 9.17) is 19.8 Å². The van der Waals surface area contributed by atoms with Gasteiger partial charge in [0.15, 0.2) is 0 Å². The summed E-state index contributed by atoms with van der Waals surface area (Å²) in [7, 11) is 0. The number of rotatable bonds is 14. The zero-order valence-electron chi connectivity index (χ0n) is 34.9. The average molecular weight is 863 g/mol. The molecule has 0 fully saturated rings. The van der Waals surface area contributed by atoms with Crippen molar-refractivity contribution in [3.05, 3.63) is 161 Å². The van der Waals surface area contributed by atoms with Crippen molar-refractivity contribution in [1.29, 1.82) is 0 Å². The summed E-state index contributed by atoms with van der Waals surface area (Å²) in [5.41, 5.74) is 11.7. The summed E-state index contributed by atoms with van der Waals surface area (Å²) in [5, 5.41) is 38.3. The Morgan fingerprint density at radius 2 is 0.723 bits per heavy atom. The summed E-state index contributed by atoms with van der Waals surface area (Å²) >= 11 is 0. The van der Waals surface area contributed by atoms with E-state index in [2.05, 4.69) is 9.97 Å². The first kappa shape index (κ1) is 42.0. The minimum atomic E-state index is -1.05. The van der Waals surface area contributed by atoms with Gasteiger partial charge < -0.3 is 35.1 Å². The third-order valence-electron chi connectivity index (χ3n) is 11.5. The number of aromatic nitrogens is 4. The first-order valence-electron chi connectivity index (χ1n) is 21.2. The van der Waals surface area contributed by atoms with Crippen molar-refractivity contribution in [3.8, 4) is 50.3 Å². The molecule has 12 heteroatoms. The van der Waals surface area contributed by atoms with Gasteiger partial charge in [-0.2, -0.15) is 0 Å². The van der Waals surface area contributed by atoms with Crippen molar-refractivity contribution in [2.45, 2.75) is 25.7 Å². The number of nitrogens with zero attached hydrogens (tertiary/aromatic N) is 2. The first-order valence-corrected chi connectivity index (χ1v) is 21.2. The molecular formula is C53H42N4O8. The van der Waals surface area contributed by atoms with Gasteiger partial charge in [0.05, 0.1) is 46.1 Å². The number of aliphatic hydroxyl groups is 1.